The van der Waals surface area contributed by atoms with Crippen molar-refractivity contribution in [1.82, 2.24) is 0 Å². The largest absolute Gasteiger partial charge is 0.495 e. The van der Waals surface area contributed by atoms with Crippen molar-refractivity contribution in [2.75, 3.05) is 19.0 Å². The summed E-state index contributed by atoms with van der Waals surface area (Å²) < 4.78 is 5.21. The van der Waals surface area contributed by atoms with E-state index in [4.69, 9.17) is 27.9 Å². The number of methoxy groups -OCH3 is 1. The Morgan fingerprint density at radius 3 is 2.48 bits per heavy atom. The number of quaternary nitrogens is 1. The molecular weight excluding hydrogens is 335 g/mol. The summed E-state index contributed by atoms with van der Waals surface area (Å²) in [6.07, 6.45) is 0. The van der Waals surface area contributed by atoms with Crippen LogP contribution in [0.1, 0.15) is 18.5 Å². The summed E-state index contributed by atoms with van der Waals surface area (Å²) in [5, 5.41) is 6.01. The van der Waals surface area contributed by atoms with Crippen LogP contribution < -0.4 is 15.4 Å². The lowest BCUT2D eigenvalue weighted by atomic mass is 10.1. The van der Waals surface area contributed by atoms with Gasteiger partial charge >= 0.3 is 0 Å². The highest BCUT2D eigenvalue weighted by molar-refractivity contribution is 6.31. The van der Waals surface area contributed by atoms with Gasteiger partial charge in [-0.15, -0.1) is 0 Å². The molecule has 1 atom stereocenters. The number of anilines is 1. The third kappa shape index (κ3) is 5.13. The first-order valence-corrected chi connectivity index (χ1v) is 7.97. The monoisotopic (exact) mass is 353 g/mol. The van der Waals surface area contributed by atoms with E-state index in [1.807, 2.05) is 36.5 Å². The van der Waals surface area contributed by atoms with E-state index < -0.39 is 0 Å². The van der Waals surface area contributed by atoms with Gasteiger partial charge in [0.05, 0.1) is 12.8 Å². The van der Waals surface area contributed by atoms with Gasteiger partial charge in [0.2, 0.25) is 0 Å². The molecule has 0 saturated heterocycles. The zero-order chi connectivity index (χ0) is 16.8. The van der Waals surface area contributed by atoms with Crippen LogP contribution in [-0.4, -0.2) is 19.6 Å². The molecule has 2 aromatic rings. The molecular formula is C17H19Cl2N2O2+. The van der Waals surface area contributed by atoms with E-state index in [2.05, 4.69) is 5.32 Å². The van der Waals surface area contributed by atoms with Gasteiger partial charge in [0.1, 0.15) is 11.8 Å². The van der Waals surface area contributed by atoms with Crippen molar-refractivity contribution >= 4 is 34.8 Å². The van der Waals surface area contributed by atoms with Gasteiger partial charge in [-0.2, -0.15) is 0 Å². The molecule has 6 heteroatoms. The summed E-state index contributed by atoms with van der Waals surface area (Å²) in [7, 11) is 1.55. The third-order valence-corrected chi connectivity index (χ3v) is 3.98. The molecule has 0 saturated carbocycles. The maximum absolute atomic E-state index is 12.1. The zero-order valence-electron chi connectivity index (χ0n) is 13.0. The molecule has 2 aromatic carbocycles. The smallest absolute Gasteiger partial charge is 0.279 e. The quantitative estimate of drug-likeness (QED) is 0.837. The molecule has 1 amide bonds. The van der Waals surface area contributed by atoms with Gasteiger partial charge in [0.25, 0.3) is 5.91 Å². The number of ether oxygens (including phenoxy) is 1. The first-order valence-electron chi connectivity index (χ1n) is 7.22. The molecule has 0 aromatic heterocycles. The zero-order valence-corrected chi connectivity index (χ0v) is 14.5. The topological polar surface area (TPSA) is 54.9 Å². The van der Waals surface area contributed by atoms with Gasteiger partial charge in [-0.3, -0.25) is 4.79 Å². The number of nitrogens with one attached hydrogen (secondary N) is 1. The maximum Gasteiger partial charge on any atom is 0.279 e. The predicted octanol–water partition coefficient (Wildman–Crippen LogP) is 3.27. The number of hydrogen-bond donors (Lipinski definition) is 2. The second-order valence-electron chi connectivity index (χ2n) is 5.17. The molecule has 0 spiro atoms. The van der Waals surface area contributed by atoms with Crippen LogP contribution in [0.4, 0.5) is 5.69 Å². The van der Waals surface area contributed by atoms with E-state index in [1.165, 1.54) is 0 Å². The van der Waals surface area contributed by atoms with Crippen molar-refractivity contribution in [3.63, 3.8) is 0 Å². The highest BCUT2D eigenvalue weighted by Gasteiger charge is 2.13. The molecule has 0 bridgehead atoms. The second-order valence-corrected chi connectivity index (χ2v) is 6.05. The van der Waals surface area contributed by atoms with Crippen molar-refractivity contribution in [1.29, 1.82) is 0 Å². The summed E-state index contributed by atoms with van der Waals surface area (Å²) in [6, 6.07) is 12.9. The standard InChI is InChI=1S/C17H18Cl2N2O2/c1-11(12-3-5-13(18)6-4-12)20-10-17(22)21-15-9-14(19)7-8-16(15)23-2/h3-9,11,20H,10H2,1-2H3,(H,21,22)/p+1/t11-/m1/s1. The number of hydrogen-bond acceptors (Lipinski definition) is 2. The molecule has 0 fully saturated rings. The Hall–Kier alpha value is -1.75. The van der Waals surface area contributed by atoms with Crippen LogP contribution in [0.3, 0.4) is 0 Å². The highest BCUT2D eigenvalue weighted by atomic mass is 35.5. The number of amides is 1. The van der Waals surface area contributed by atoms with Crippen molar-refractivity contribution in [3.8, 4) is 5.75 Å². The fourth-order valence-corrected chi connectivity index (χ4v) is 2.46. The molecule has 0 unspecified atom stereocenters. The van der Waals surface area contributed by atoms with Crippen LogP contribution in [0.5, 0.6) is 5.75 Å². The summed E-state index contributed by atoms with van der Waals surface area (Å²) in [5.41, 5.74) is 1.68. The highest BCUT2D eigenvalue weighted by Crippen LogP contribution is 2.27. The molecule has 23 heavy (non-hydrogen) atoms. The van der Waals surface area contributed by atoms with Crippen molar-refractivity contribution < 1.29 is 14.8 Å². The first-order chi connectivity index (χ1) is 11.0. The van der Waals surface area contributed by atoms with Crippen LogP contribution in [0.2, 0.25) is 10.0 Å². The Kier molecular flexibility index (Phi) is 6.28. The molecule has 2 rings (SSSR count). The summed E-state index contributed by atoms with van der Waals surface area (Å²) in [5.74, 6) is 0.458. The average molecular weight is 354 g/mol. The SMILES string of the molecule is COc1ccc(Cl)cc1NC(=O)C[NH2+][C@H](C)c1ccc(Cl)cc1. The molecule has 0 radical (unpaired) electrons. The number of benzene rings is 2. The van der Waals surface area contributed by atoms with Gasteiger partial charge in [-0.25, -0.2) is 0 Å². The van der Waals surface area contributed by atoms with E-state index in [0.29, 0.717) is 28.0 Å². The minimum absolute atomic E-state index is 0.119. The van der Waals surface area contributed by atoms with Crippen LogP contribution in [-0.2, 0) is 4.79 Å². The van der Waals surface area contributed by atoms with Crippen LogP contribution in [0, 0.1) is 0 Å². The van der Waals surface area contributed by atoms with Crippen molar-refractivity contribution in [2.24, 2.45) is 0 Å². The summed E-state index contributed by atoms with van der Waals surface area (Å²) in [6.45, 7) is 2.33. The molecule has 0 heterocycles. The molecule has 3 N–H and O–H groups in total. The number of rotatable bonds is 6. The van der Waals surface area contributed by atoms with Gasteiger partial charge in [0, 0.05) is 15.6 Å². The number of carbonyl (C=O) groups is 1. The minimum atomic E-state index is -0.119. The fourth-order valence-electron chi connectivity index (χ4n) is 2.17. The van der Waals surface area contributed by atoms with E-state index in [9.17, 15) is 4.79 Å². The third-order valence-electron chi connectivity index (χ3n) is 3.49. The Morgan fingerprint density at radius 2 is 1.83 bits per heavy atom. The number of carbonyl (C=O) groups excluding carboxylic acids is 1. The number of nitrogens with two attached hydrogens (primary N) is 1. The summed E-state index contributed by atoms with van der Waals surface area (Å²) >= 11 is 11.8. The lowest BCUT2D eigenvalue weighted by Gasteiger charge is -2.13. The average Bonchev–Trinajstić information content (AvgIpc) is 2.53. The molecule has 122 valence electrons. The summed E-state index contributed by atoms with van der Waals surface area (Å²) in [4.78, 5) is 12.1. The minimum Gasteiger partial charge on any atom is -0.495 e. The Balaban J connectivity index is 1.92. The van der Waals surface area contributed by atoms with Gasteiger partial charge < -0.3 is 15.4 Å². The normalized spacial score (nSPS) is 11.8. The van der Waals surface area contributed by atoms with E-state index >= 15 is 0 Å². The Bertz CT molecular complexity index is 675. The maximum atomic E-state index is 12.1. The van der Waals surface area contributed by atoms with Crippen LogP contribution >= 0.6 is 23.2 Å². The van der Waals surface area contributed by atoms with Crippen LogP contribution in [0.25, 0.3) is 0 Å². The molecule has 0 aliphatic carbocycles. The molecule has 4 nitrogen and oxygen atoms in total. The van der Waals surface area contributed by atoms with Crippen molar-refractivity contribution in [2.45, 2.75) is 13.0 Å². The van der Waals surface area contributed by atoms with E-state index in [1.54, 1.807) is 25.3 Å². The second kappa shape index (κ2) is 8.20. The van der Waals surface area contributed by atoms with Gasteiger partial charge in [-0.05, 0) is 37.3 Å². The Labute approximate surface area is 145 Å². The molecule has 0 aliphatic heterocycles. The van der Waals surface area contributed by atoms with Gasteiger partial charge in [0.15, 0.2) is 6.54 Å². The fraction of sp³-hybridized carbons (Fsp3) is 0.235. The molecule has 0 aliphatic rings. The van der Waals surface area contributed by atoms with E-state index in [-0.39, 0.29) is 11.9 Å². The van der Waals surface area contributed by atoms with E-state index in [0.717, 1.165) is 5.56 Å². The number of halogens is 2. The lowest BCUT2D eigenvalue weighted by molar-refractivity contribution is -0.682. The predicted molar refractivity (Wildman–Crippen MR) is 93.3 cm³/mol. The lowest BCUT2D eigenvalue weighted by Crippen LogP contribution is -2.86. The van der Waals surface area contributed by atoms with Gasteiger partial charge in [-0.1, -0.05) is 35.3 Å². The first kappa shape index (κ1) is 17.6. The Morgan fingerprint density at radius 1 is 1.17 bits per heavy atom. The van der Waals surface area contributed by atoms with Crippen LogP contribution in [0.15, 0.2) is 42.5 Å². The van der Waals surface area contributed by atoms with Crippen molar-refractivity contribution in [3.05, 3.63) is 58.1 Å².